The SMILES string of the molecule is COCC(=O)N(C1CCOCC1)C1CCN(C(=O)c2ccc(F)c(Cl)c2)CC1. The van der Waals surface area contributed by atoms with Crippen molar-refractivity contribution in [3.05, 3.63) is 34.6 Å². The van der Waals surface area contributed by atoms with E-state index in [4.69, 9.17) is 21.1 Å². The van der Waals surface area contributed by atoms with Crippen molar-refractivity contribution in [2.75, 3.05) is 40.0 Å². The van der Waals surface area contributed by atoms with Crippen molar-refractivity contribution in [1.82, 2.24) is 9.80 Å². The van der Waals surface area contributed by atoms with Crippen LogP contribution in [0.1, 0.15) is 36.0 Å². The summed E-state index contributed by atoms with van der Waals surface area (Å²) in [7, 11) is 1.52. The number of amides is 2. The van der Waals surface area contributed by atoms with Gasteiger partial charge in [0.25, 0.3) is 5.91 Å². The summed E-state index contributed by atoms with van der Waals surface area (Å²) in [6.45, 7) is 2.45. The van der Waals surface area contributed by atoms with Crippen LogP contribution in [-0.4, -0.2) is 73.7 Å². The van der Waals surface area contributed by atoms with Crippen LogP contribution in [0.25, 0.3) is 0 Å². The predicted octanol–water partition coefficient (Wildman–Crippen LogP) is 2.74. The molecule has 0 unspecified atom stereocenters. The minimum Gasteiger partial charge on any atom is -0.381 e. The average molecular weight is 413 g/mol. The highest BCUT2D eigenvalue weighted by Crippen LogP contribution is 2.25. The highest BCUT2D eigenvalue weighted by atomic mass is 35.5. The molecule has 0 bridgehead atoms. The summed E-state index contributed by atoms with van der Waals surface area (Å²) in [6.07, 6.45) is 3.05. The Morgan fingerprint density at radius 3 is 2.46 bits per heavy atom. The molecule has 0 N–H and O–H groups in total. The summed E-state index contributed by atoms with van der Waals surface area (Å²) in [4.78, 5) is 29.1. The molecule has 2 fully saturated rings. The fourth-order valence-electron chi connectivity index (χ4n) is 4.03. The zero-order valence-electron chi connectivity index (χ0n) is 16.0. The number of nitrogens with zero attached hydrogens (tertiary/aromatic N) is 2. The largest absolute Gasteiger partial charge is 0.381 e. The molecule has 0 aliphatic carbocycles. The van der Waals surface area contributed by atoms with Gasteiger partial charge in [0.15, 0.2) is 0 Å². The van der Waals surface area contributed by atoms with Gasteiger partial charge < -0.3 is 19.3 Å². The van der Waals surface area contributed by atoms with Gasteiger partial charge in [-0.15, -0.1) is 0 Å². The number of rotatable bonds is 5. The smallest absolute Gasteiger partial charge is 0.253 e. The van der Waals surface area contributed by atoms with Crippen molar-refractivity contribution in [2.45, 2.75) is 37.8 Å². The third kappa shape index (κ3) is 4.82. The summed E-state index contributed by atoms with van der Waals surface area (Å²) in [5, 5.41) is -0.0587. The predicted molar refractivity (Wildman–Crippen MR) is 103 cm³/mol. The van der Waals surface area contributed by atoms with Crippen LogP contribution in [0, 0.1) is 5.82 Å². The van der Waals surface area contributed by atoms with Gasteiger partial charge in [-0.3, -0.25) is 9.59 Å². The lowest BCUT2D eigenvalue weighted by atomic mass is 9.97. The Labute approximate surface area is 169 Å². The van der Waals surface area contributed by atoms with E-state index in [1.54, 1.807) is 4.90 Å². The van der Waals surface area contributed by atoms with Crippen LogP contribution in [0.3, 0.4) is 0 Å². The summed E-state index contributed by atoms with van der Waals surface area (Å²) in [6, 6.07) is 4.25. The Hall–Kier alpha value is -1.70. The number of methoxy groups -OCH3 is 1. The summed E-state index contributed by atoms with van der Waals surface area (Å²) in [5.41, 5.74) is 0.376. The Bertz CT molecular complexity index is 703. The standard InChI is InChI=1S/C20H26ClFN2O4/c1-27-13-19(25)24(16-6-10-28-11-7-16)15-4-8-23(9-5-15)20(26)14-2-3-18(22)17(21)12-14/h2-3,12,15-16H,4-11,13H2,1H3. The number of piperidine rings is 1. The monoisotopic (exact) mass is 412 g/mol. The fraction of sp³-hybridized carbons (Fsp3) is 0.600. The maximum atomic E-state index is 13.3. The first-order valence-corrected chi connectivity index (χ1v) is 10.0. The van der Waals surface area contributed by atoms with E-state index in [2.05, 4.69) is 0 Å². The number of hydrogen-bond acceptors (Lipinski definition) is 4. The van der Waals surface area contributed by atoms with Gasteiger partial charge >= 0.3 is 0 Å². The molecule has 1 aromatic carbocycles. The van der Waals surface area contributed by atoms with Gasteiger partial charge in [-0.05, 0) is 43.9 Å². The molecule has 0 spiro atoms. The van der Waals surface area contributed by atoms with E-state index in [0.717, 1.165) is 12.8 Å². The number of carbonyl (C=O) groups is 2. The molecule has 2 saturated heterocycles. The number of benzene rings is 1. The van der Waals surface area contributed by atoms with Crippen LogP contribution in [0.5, 0.6) is 0 Å². The van der Waals surface area contributed by atoms with Crippen molar-refractivity contribution in [2.24, 2.45) is 0 Å². The molecule has 6 nitrogen and oxygen atoms in total. The topological polar surface area (TPSA) is 59.1 Å². The Morgan fingerprint density at radius 2 is 1.86 bits per heavy atom. The van der Waals surface area contributed by atoms with Crippen LogP contribution < -0.4 is 0 Å². The molecule has 0 aromatic heterocycles. The van der Waals surface area contributed by atoms with Crippen LogP contribution >= 0.6 is 11.6 Å². The molecule has 2 heterocycles. The second-order valence-corrected chi connectivity index (χ2v) is 7.64. The molecule has 2 amide bonds. The van der Waals surface area contributed by atoms with E-state index in [1.165, 1.54) is 25.3 Å². The van der Waals surface area contributed by atoms with Gasteiger partial charge in [0, 0.05) is 51.1 Å². The van der Waals surface area contributed by atoms with Gasteiger partial charge in [-0.2, -0.15) is 0 Å². The molecule has 3 rings (SSSR count). The van der Waals surface area contributed by atoms with Crippen molar-refractivity contribution in [3.8, 4) is 0 Å². The fourth-order valence-corrected chi connectivity index (χ4v) is 4.21. The maximum absolute atomic E-state index is 13.3. The molecule has 1 aromatic rings. The zero-order chi connectivity index (χ0) is 20.1. The number of carbonyl (C=O) groups excluding carboxylic acids is 2. The number of hydrogen-bond donors (Lipinski definition) is 0. The van der Waals surface area contributed by atoms with Crippen molar-refractivity contribution in [1.29, 1.82) is 0 Å². The molecular formula is C20H26ClFN2O4. The molecule has 154 valence electrons. The van der Waals surface area contributed by atoms with E-state index in [0.29, 0.717) is 44.7 Å². The number of ether oxygens (including phenoxy) is 2. The molecule has 8 heteroatoms. The number of halogens is 2. The van der Waals surface area contributed by atoms with Gasteiger partial charge in [-0.25, -0.2) is 4.39 Å². The van der Waals surface area contributed by atoms with Crippen LogP contribution in [-0.2, 0) is 14.3 Å². The average Bonchev–Trinajstić information content (AvgIpc) is 2.71. The minimum absolute atomic E-state index is 0.00973. The molecule has 0 atom stereocenters. The first-order chi connectivity index (χ1) is 13.5. The van der Waals surface area contributed by atoms with E-state index in [1.807, 2.05) is 4.90 Å². The van der Waals surface area contributed by atoms with Gasteiger partial charge in [-0.1, -0.05) is 11.6 Å². The maximum Gasteiger partial charge on any atom is 0.253 e. The molecule has 28 heavy (non-hydrogen) atoms. The lowest BCUT2D eigenvalue weighted by Gasteiger charge is -2.43. The van der Waals surface area contributed by atoms with Crippen LogP contribution in [0.4, 0.5) is 4.39 Å². The normalized spacial score (nSPS) is 18.9. The lowest BCUT2D eigenvalue weighted by molar-refractivity contribution is -0.143. The van der Waals surface area contributed by atoms with E-state index >= 15 is 0 Å². The summed E-state index contributed by atoms with van der Waals surface area (Å²) >= 11 is 5.80. The van der Waals surface area contributed by atoms with Gasteiger partial charge in [0.2, 0.25) is 5.91 Å². The second kappa shape index (κ2) is 9.67. The van der Waals surface area contributed by atoms with Crippen LogP contribution in [0.2, 0.25) is 5.02 Å². The quantitative estimate of drug-likeness (QED) is 0.746. The molecular weight excluding hydrogens is 387 g/mol. The van der Waals surface area contributed by atoms with Crippen molar-refractivity contribution >= 4 is 23.4 Å². The summed E-state index contributed by atoms with van der Waals surface area (Å²) < 4.78 is 23.9. The van der Waals surface area contributed by atoms with Crippen molar-refractivity contribution < 1.29 is 23.5 Å². The molecule has 0 radical (unpaired) electrons. The Balaban J connectivity index is 1.65. The van der Waals surface area contributed by atoms with Crippen LogP contribution in [0.15, 0.2) is 18.2 Å². The minimum atomic E-state index is -0.541. The van der Waals surface area contributed by atoms with Crippen molar-refractivity contribution in [3.63, 3.8) is 0 Å². The first kappa shape index (κ1) is 21.0. The molecule has 0 saturated carbocycles. The van der Waals surface area contributed by atoms with Gasteiger partial charge in [0.1, 0.15) is 12.4 Å². The number of likely N-dealkylation sites (tertiary alicyclic amines) is 1. The van der Waals surface area contributed by atoms with Gasteiger partial charge in [0.05, 0.1) is 5.02 Å². The van der Waals surface area contributed by atoms with E-state index in [9.17, 15) is 14.0 Å². The third-order valence-electron chi connectivity index (χ3n) is 5.45. The zero-order valence-corrected chi connectivity index (χ0v) is 16.8. The van der Waals surface area contributed by atoms with E-state index in [-0.39, 0.29) is 35.5 Å². The first-order valence-electron chi connectivity index (χ1n) is 9.63. The molecule has 2 aliphatic rings. The Morgan fingerprint density at radius 1 is 1.21 bits per heavy atom. The second-order valence-electron chi connectivity index (χ2n) is 7.23. The third-order valence-corrected chi connectivity index (χ3v) is 5.74. The lowest BCUT2D eigenvalue weighted by Crippen LogP contribution is -2.54. The Kier molecular flexibility index (Phi) is 7.26. The molecule has 2 aliphatic heterocycles. The van der Waals surface area contributed by atoms with E-state index < -0.39 is 5.82 Å². The summed E-state index contributed by atoms with van der Waals surface area (Å²) in [5.74, 6) is -0.716. The highest BCUT2D eigenvalue weighted by molar-refractivity contribution is 6.31. The highest BCUT2D eigenvalue weighted by Gasteiger charge is 2.34.